The second-order valence-corrected chi connectivity index (χ2v) is 4.91. The molecule has 5 heteroatoms. The van der Waals surface area contributed by atoms with Crippen molar-refractivity contribution in [1.29, 1.82) is 0 Å². The molecular weight excluding hydrogens is 262 g/mol. The van der Waals surface area contributed by atoms with E-state index in [2.05, 4.69) is 0 Å². The lowest BCUT2D eigenvalue weighted by molar-refractivity contribution is -0.146. The first-order valence-corrected chi connectivity index (χ1v) is 6.82. The van der Waals surface area contributed by atoms with Crippen molar-refractivity contribution in [2.75, 3.05) is 13.1 Å². The highest BCUT2D eigenvalue weighted by Gasteiger charge is 2.25. The third-order valence-electron chi connectivity index (χ3n) is 3.16. The van der Waals surface area contributed by atoms with E-state index in [0.717, 1.165) is 25.9 Å². The largest absolute Gasteiger partial charge is 0.478 e. The summed E-state index contributed by atoms with van der Waals surface area (Å²) in [6, 6.07) is 8.89. The number of aliphatic carboxylic acids is 1. The molecule has 1 heterocycles. The fourth-order valence-corrected chi connectivity index (χ4v) is 2.42. The van der Waals surface area contributed by atoms with Gasteiger partial charge in [-0.3, -0.25) is 0 Å². The second-order valence-electron chi connectivity index (χ2n) is 4.56. The highest BCUT2D eigenvalue weighted by atomic mass is 32.1. The SMILES string of the molecule is O=C(O)C(OC(=S)N1CCCCC1)c1ccccc1. The molecule has 1 unspecified atom stereocenters. The zero-order chi connectivity index (χ0) is 13.7. The first kappa shape index (κ1) is 13.8. The molecule has 1 aromatic rings. The van der Waals surface area contributed by atoms with Crippen molar-refractivity contribution >= 4 is 23.4 Å². The average Bonchev–Trinajstić information content (AvgIpc) is 2.46. The summed E-state index contributed by atoms with van der Waals surface area (Å²) in [6.07, 6.45) is 2.31. The van der Waals surface area contributed by atoms with Crippen LogP contribution in [0.2, 0.25) is 0 Å². The Bertz CT molecular complexity index is 443. The molecule has 19 heavy (non-hydrogen) atoms. The van der Waals surface area contributed by atoms with Gasteiger partial charge in [0.25, 0.3) is 5.17 Å². The van der Waals surface area contributed by atoms with Crippen LogP contribution < -0.4 is 0 Å². The normalized spacial score (nSPS) is 16.7. The van der Waals surface area contributed by atoms with Crippen LogP contribution in [-0.2, 0) is 9.53 Å². The number of thiocarbonyl (C=S) groups is 1. The lowest BCUT2D eigenvalue weighted by Gasteiger charge is -2.29. The number of nitrogens with zero attached hydrogens (tertiary/aromatic N) is 1. The Hall–Kier alpha value is -1.62. The Balaban J connectivity index is 2.04. The van der Waals surface area contributed by atoms with Gasteiger partial charge in [0.2, 0.25) is 6.10 Å². The maximum absolute atomic E-state index is 11.3. The molecule has 1 saturated heterocycles. The van der Waals surface area contributed by atoms with E-state index in [0.29, 0.717) is 5.56 Å². The standard InChI is InChI=1S/C14H17NO3S/c16-13(17)12(11-7-3-1-4-8-11)18-14(19)15-9-5-2-6-10-15/h1,3-4,7-8,12H,2,5-6,9-10H2,(H,16,17). The molecule has 1 aliphatic heterocycles. The predicted octanol–water partition coefficient (Wildman–Crippen LogP) is 2.60. The minimum Gasteiger partial charge on any atom is -0.478 e. The molecule has 0 saturated carbocycles. The van der Waals surface area contributed by atoms with Gasteiger partial charge in [0, 0.05) is 18.7 Å². The second kappa shape index (κ2) is 6.52. The number of piperidine rings is 1. The summed E-state index contributed by atoms with van der Waals surface area (Å²) in [4.78, 5) is 13.3. The lowest BCUT2D eigenvalue weighted by Crippen LogP contribution is -2.37. The van der Waals surface area contributed by atoms with Gasteiger partial charge in [-0.05, 0) is 31.5 Å². The van der Waals surface area contributed by atoms with Crippen LogP contribution in [0, 0.1) is 0 Å². The van der Waals surface area contributed by atoms with E-state index in [1.165, 1.54) is 6.42 Å². The third-order valence-corrected chi connectivity index (χ3v) is 3.51. The van der Waals surface area contributed by atoms with Crippen molar-refractivity contribution in [3.63, 3.8) is 0 Å². The number of hydrogen-bond donors (Lipinski definition) is 1. The number of ether oxygens (including phenoxy) is 1. The summed E-state index contributed by atoms with van der Waals surface area (Å²) in [7, 11) is 0. The summed E-state index contributed by atoms with van der Waals surface area (Å²) in [5.41, 5.74) is 0.606. The summed E-state index contributed by atoms with van der Waals surface area (Å²) in [5, 5.41) is 9.56. The molecule has 0 aliphatic carbocycles. The van der Waals surface area contributed by atoms with Crippen LogP contribution in [0.3, 0.4) is 0 Å². The molecule has 0 bridgehead atoms. The van der Waals surface area contributed by atoms with Gasteiger partial charge >= 0.3 is 5.97 Å². The first-order chi connectivity index (χ1) is 9.18. The average molecular weight is 279 g/mol. The van der Waals surface area contributed by atoms with Crippen molar-refractivity contribution in [2.24, 2.45) is 0 Å². The molecule has 0 aromatic heterocycles. The van der Waals surface area contributed by atoms with Crippen LogP contribution in [0.4, 0.5) is 0 Å². The van der Waals surface area contributed by atoms with Gasteiger partial charge in [-0.1, -0.05) is 30.3 Å². The van der Waals surface area contributed by atoms with Crippen LogP contribution >= 0.6 is 12.2 Å². The van der Waals surface area contributed by atoms with Crippen molar-refractivity contribution < 1.29 is 14.6 Å². The van der Waals surface area contributed by atoms with Crippen LogP contribution in [0.5, 0.6) is 0 Å². The van der Waals surface area contributed by atoms with Crippen LogP contribution in [0.25, 0.3) is 0 Å². The van der Waals surface area contributed by atoms with E-state index in [1.54, 1.807) is 24.3 Å². The van der Waals surface area contributed by atoms with Gasteiger partial charge in [0.05, 0.1) is 0 Å². The van der Waals surface area contributed by atoms with E-state index in [9.17, 15) is 9.90 Å². The maximum atomic E-state index is 11.3. The molecule has 1 fully saturated rings. The zero-order valence-electron chi connectivity index (χ0n) is 10.6. The van der Waals surface area contributed by atoms with Crippen LogP contribution in [-0.4, -0.2) is 34.2 Å². The van der Waals surface area contributed by atoms with E-state index in [-0.39, 0.29) is 5.17 Å². The molecule has 1 atom stereocenters. The topological polar surface area (TPSA) is 49.8 Å². The van der Waals surface area contributed by atoms with Gasteiger partial charge in [0.15, 0.2) is 0 Å². The maximum Gasteiger partial charge on any atom is 0.349 e. The number of carboxylic acids is 1. The van der Waals surface area contributed by atoms with E-state index < -0.39 is 12.1 Å². The monoisotopic (exact) mass is 279 g/mol. The highest BCUT2D eigenvalue weighted by molar-refractivity contribution is 7.80. The number of carboxylic acid groups (broad SMARTS) is 1. The minimum atomic E-state index is -1.03. The molecule has 102 valence electrons. The Labute approximate surface area is 118 Å². The molecular formula is C14H17NO3S. The molecule has 2 rings (SSSR count). The highest BCUT2D eigenvalue weighted by Crippen LogP contribution is 2.20. The Morgan fingerprint density at radius 3 is 2.42 bits per heavy atom. The van der Waals surface area contributed by atoms with Crippen LogP contribution in [0.1, 0.15) is 30.9 Å². The predicted molar refractivity (Wildman–Crippen MR) is 75.9 cm³/mol. The fourth-order valence-electron chi connectivity index (χ4n) is 2.14. The first-order valence-electron chi connectivity index (χ1n) is 6.42. The van der Waals surface area contributed by atoms with Gasteiger partial charge in [0.1, 0.15) is 0 Å². The molecule has 1 N–H and O–H groups in total. The number of hydrogen-bond acceptors (Lipinski definition) is 3. The van der Waals surface area contributed by atoms with Gasteiger partial charge in [-0.2, -0.15) is 0 Å². The van der Waals surface area contributed by atoms with Gasteiger partial charge in [-0.25, -0.2) is 4.79 Å². The Morgan fingerprint density at radius 2 is 1.84 bits per heavy atom. The summed E-state index contributed by atoms with van der Waals surface area (Å²) in [6.45, 7) is 1.69. The summed E-state index contributed by atoms with van der Waals surface area (Å²) in [5.74, 6) is -1.02. The van der Waals surface area contributed by atoms with Gasteiger partial charge < -0.3 is 14.7 Å². The lowest BCUT2D eigenvalue weighted by atomic mass is 10.1. The van der Waals surface area contributed by atoms with Crippen molar-refractivity contribution in [3.05, 3.63) is 35.9 Å². The quantitative estimate of drug-likeness (QED) is 0.862. The number of rotatable bonds is 3. The minimum absolute atomic E-state index is 0.288. The Kier molecular flexibility index (Phi) is 4.74. The van der Waals surface area contributed by atoms with Gasteiger partial charge in [-0.15, -0.1) is 0 Å². The molecule has 0 spiro atoms. The molecule has 4 nitrogen and oxygen atoms in total. The number of carbonyl (C=O) groups is 1. The number of benzene rings is 1. The van der Waals surface area contributed by atoms with E-state index in [4.69, 9.17) is 17.0 Å². The third kappa shape index (κ3) is 3.67. The molecule has 1 aromatic carbocycles. The fraction of sp³-hybridized carbons (Fsp3) is 0.429. The summed E-state index contributed by atoms with van der Waals surface area (Å²) < 4.78 is 5.50. The zero-order valence-corrected chi connectivity index (χ0v) is 11.4. The van der Waals surface area contributed by atoms with Crippen molar-refractivity contribution in [3.8, 4) is 0 Å². The Morgan fingerprint density at radius 1 is 1.21 bits per heavy atom. The van der Waals surface area contributed by atoms with E-state index >= 15 is 0 Å². The molecule has 0 amide bonds. The molecule has 1 aliphatic rings. The van der Waals surface area contributed by atoms with Crippen molar-refractivity contribution in [1.82, 2.24) is 4.90 Å². The van der Waals surface area contributed by atoms with E-state index in [1.807, 2.05) is 11.0 Å². The summed E-state index contributed by atoms with van der Waals surface area (Å²) >= 11 is 5.21. The van der Waals surface area contributed by atoms with Crippen molar-refractivity contribution in [2.45, 2.75) is 25.4 Å². The van der Waals surface area contributed by atoms with Crippen LogP contribution in [0.15, 0.2) is 30.3 Å². The smallest absolute Gasteiger partial charge is 0.349 e. The molecule has 0 radical (unpaired) electrons. The number of likely N-dealkylation sites (tertiary alicyclic amines) is 1.